The number of amides is 4. The quantitative estimate of drug-likeness (QED) is 0.144. The Labute approximate surface area is 254 Å². The highest BCUT2D eigenvalue weighted by Crippen LogP contribution is 2.42. The fourth-order valence-corrected chi connectivity index (χ4v) is 7.13. The van der Waals surface area contributed by atoms with Gasteiger partial charge in [-0.05, 0) is 41.7 Å². The zero-order valence-electron chi connectivity index (χ0n) is 25.0. The second-order valence-corrected chi connectivity index (χ2v) is 12.8. The first-order valence-electron chi connectivity index (χ1n) is 14.5. The lowest BCUT2D eigenvalue weighted by molar-refractivity contribution is -0.521. The molecule has 14 nitrogen and oxygen atoms in total. The summed E-state index contributed by atoms with van der Waals surface area (Å²) < 4.78 is 0. The predicted octanol–water partition coefficient (Wildman–Crippen LogP) is -2.38. The van der Waals surface area contributed by atoms with Crippen molar-refractivity contribution in [3.05, 3.63) is 65.2 Å². The van der Waals surface area contributed by atoms with E-state index in [1.54, 1.807) is 36.4 Å². The molecular weight excluding hydrogens is 566 g/mol. The Kier molecular flexibility index (Phi) is 6.63. The lowest BCUT2D eigenvalue weighted by Gasteiger charge is -2.46. The summed E-state index contributed by atoms with van der Waals surface area (Å²) in [6.45, 7) is 7.49. The molecule has 14 heteroatoms. The SMILES string of the molecule is Cc1cccc(C(=O)NC2CN3C(N)=N[C@@H](CN4C(=O)CN(c5ccccc5)C4=O)[C@@H]4[NH+]=C(N)N[C@@]43C2(O)O)c1C(C)(C)C. The molecule has 9 N–H and O–H groups in total. The Hall–Kier alpha value is -4.69. The van der Waals surface area contributed by atoms with Crippen LogP contribution in [0.2, 0.25) is 0 Å². The van der Waals surface area contributed by atoms with Crippen LogP contribution in [0.25, 0.3) is 0 Å². The summed E-state index contributed by atoms with van der Waals surface area (Å²) in [5.74, 6) is -3.60. The number of anilines is 1. The van der Waals surface area contributed by atoms with Crippen molar-refractivity contribution in [2.24, 2.45) is 16.5 Å². The van der Waals surface area contributed by atoms with E-state index in [0.29, 0.717) is 11.3 Å². The highest BCUT2D eigenvalue weighted by molar-refractivity contribution is 6.12. The highest BCUT2D eigenvalue weighted by atomic mass is 16.5. The van der Waals surface area contributed by atoms with Gasteiger partial charge >= 0.3 is 12.0 Å². The monoisotopic (exact) mass is 604 g/mol. The zero-order chi connectivity index (χ0) is 31.8. The van der Waals surface area contributed by atoms with Gasteiger partial charge in [0.05, 0.1) is 13.1 Å². The van der Waals surface area contributed by atoms with Crippen LogP contribution in [-0.2, 0) is 10.2 Å². The molecule has 4 atom stereocenters. The first-order valence-corrected chi connectivity index (χ1v) is 14.5. The minimum absolute atomic E-state index is 0.0213. The molecule has 1 unspecified atom stereocenters. The van der Waals surface area contributed by atoms with E-state index < -0.39 is 47.4 Å². The average molecular weight is 605 g/mol. The van der Waals surface area contributed by atoms with E-state index >= 15 is 0 Å². The molecule has 0 radical (unpaired) electrons. The number of nitrogens with two attached hydrogens (primary N) is 2. The fourth-order valence-electron chi connectivity index (χ4n) is 7.13. The topological polar surface area (TPSA) is 204 Å². The van der Waals surface area contributed by atoms with Gasteiger partial charge in [-0.2, -0.15) is 0 Å². The molecule has 0 aliphatic carbocycles. The number of aryl methyl sites for hydroxylation is 1. The molecule has 232 valence electrons. The van der Waals surface area contributed by atoms with Gasteiger partial charge in [-0.3, -0.25) is 35.0 Å². The molecule has 4 aliphatic rings. The predicted molar refractivity (Wildman–Crippen MR) is 161 cm³/mol. The van der Waals surface area contributed by atoms with Gasteiger partial charge in [0.25, 0.3) is 17.5 Å². The van der Waals surface area contributed by atoms with E-state index in [0.717, 1.165) is 16.0 Å². The molecule has 6 rings (SSSR count). The Morgan fingerprint density at radius 1 is 1.14 bits per heavy atom. The maximum atomic E-state index is 13.7. The van der Waals surface area contributed by atoms with Gasteiger partial charge in [-0.1, -0.05) is 51.1 Å². The Bertz CT molecular complexity index is 1600. The lowest BCUT2D eigenvalue weighted by Crippen LogP contribution is -2.90. The number of carbonyl (C=O) groups excluding carboxylic acids is 3. The second-order valence-electron chi connectivity index (χ2n) is 12.8. The van der Waals surface area contributed by atoms with Gasteiger partial charge in [0.1, 0.15) is 18.6 Å². The molecule has 2 saturated heterocycles. The molecule has 4 aliphatic heterocycles. The Morgan fingerprint density at radius 3 is 2.52 bits per heavy atom. The normalized spacial score (nSPS) is 27.5. The van der Waals surface area contributed by atoms with Gasteiger partial charge < -0.3 is 21.3 Å². The van der Waals surface area contributed by atoms with Gasteiger partial charge in [-0.25, -0.2) is 15.1 Å². The van der Waals surface area contributed by atoms with E-state index in [9.17, 15) is 24.6 Å². The van der Waals surface area contributed by atoms with Crippen LogP contribution in [0.5, 0.6) is 0 Å². The van der Waals surface area contributed by atoms with E-state index in [1.807, 2.05) is 39.8 Å². The van der Waals surface area contributed by atoms with Crippen LogP contribution in [0.15, 0.2) is 53.5 Å². The van der Waals surface area contributed by atoms with Gasteiger partial charge in [0, 0.05) is 11.3 Å². The van der Waals surface area contributed by atoms with Crippen LogP contribution in [-0.4, -0.2) is 99.0 Å². The van der Waals surface area contributed by atoms with E-state index in [2.05, 4.69) is 20.6 Å². The van der Waals surface area contributed by atoms with Crippen molar-refractivity contribution < 1.29 is 29.6 Å². The molecule has 0 saturated carbocycles. The fraction of sp³-hybridized carbons (Fsp3) is 0.433. The van der Waals surface area contributed by atoms with Gasteiger partial charge in [-0.15, -0.1) is 0 Å². The summed E-state index contributed by atoms with van der Waals surface area (Å²) in [6, 6.07) is 10.6. The van der Waals surface area contributed by atoms with E-state index in [-0.39, 0.29) is 37.0 Å². The van der Waals surface area contributed by atoms with Crippen LogP contribution >= 0.6 is 0 Å². The van der Waals surface area contributed by atoms with Crippen molar-refractivity contribution in [3.8, 4) is 0 Å². The average Bonchev–Trinajstić information content (AvgIpc) is 3.53. The molecule has 1 spiro atoms. The number of hydrogen-bond acceptors (Lipinski definition) is 10. The van der Waals surface area contributed by atoms with Crippen LogP contribution in [0.3, 0.4) is 0 Å². The van der Waals surface area contributed by atoms with Gasteiger partial charge in [0.15, 0.2) is 12.0 Å². The van der Waals surface area contributed by atoms with Crippen LogP contribution in [0.1, 0.15) is 42.3 Å². The van der Waals surface area contributed by atoms with E-state index in [4.69, 9.17) is 11.5 Å². The van der Waals surface area contributed by atoms with Gasteiger partial charge in [0.2, 0.25) is 5.79 Å². The third kappa shape index (κ3) is 4.27. The van der Waals surface area contributed by atoms with Crippen molar-refractivity contribution in [1.29, 1.82) is 0 Å². The van der Waals surface area contributed by atoms with E-state index in [1.165, 1.54) is 9.80 Å². The molecule has 4 heterocycles. The lowest BCUT2D eigenvalue weighted by atomic mass is 9.80. The smallest absolute Gasteiger partial charge is 0.343 e. The third-order valence-corrected chi connectivity index (χ3v) is 8.95. The number of benzene rings is 2. The van der Waals surface area contributed by atoms with Crippen molar-refractivity contribution in [2.75, 3.05) is 24.5 Å². The van der Waals surface area contributed by atoms with Crippen LogP contribution in [0.4, 0.5) is 10.5 Å². The van der Waals surface area contributed by atoms with Crippen molar-refractivity contribution in [3.63, 3.8) is 0 Å². The molecule has 4 amide bonds. The number of imide groups is 1. The molecule has 2 aromatic rings. The minimum atomic E-state index is -2.64. The first kappa shape index (κ1) is 29.4. The first-order chi connectivity index (χ1) is 20.7. The summed E-state index contributed by atoms with van der Waals surface area (Å²) in [5.41, 5.74) is 13.2. The summed E-state index contributed by atoms with van der Waals surface area (Å²) in [7, 11) is 0. The molecule has 0 aromatic heterocycles. The standard InChI is InChI=1S/C30H37N9O5/c1-16-9-8-12-18(22(16)28(2,3)4)24(41)34-20-14-39-26(32)33-19(23-29(39,30(20,43)44)36-25(31)35-23)13-38-21(40)15-37(27(38)42)17-10-6-5-7-11-17/h5-12,19-20,23,43-44H,13-15H2,1-4H3,(H2,32,33)(H,34,41)(H3,31,35,36)/p+1/t19-,20?,23-,29-/m0/s1. The molecule has 2 aromatic carbocycles. The zero-order valence-corrected chi connectivity index (χ0v) is 25.0. The summed E-state index contributed by atoms with van der Waals surface area (Å²) in [5, 5.41) is 29.5. The minimum Gasteiger partial charge on any atom is -0.370 e. The number of aliphatic imine (C=N–C) groups is 1. The number of aliphatic hydroxyl groups is 2. The number of nitrogens with one attached hydrogen (secondary N) is 3. The summed E-state index contributed by atoms with van der Waals surface area (Å²) in [4.78, 5) is 51.5. The number of rotatable bonds is 5. The van der Waals surface area contributed by atoms with Crippen LogP contribution < -0.4 is 32.0 Å². The number of nitrogens with zero attached hydrogens (tertiary/aromatic N) is 4. The van der Waals surface area contributed by atoms with Crippen LogP contribution in [0, 0.1) is 6.92 Å². The highest BCUT2D eigenvalue weighted by Gasteiger charge is 2.76. The number of guanidine groups is 2. The number of urea groups is 1. The Balaban J connectivity index is 1.30. The summed E-state index contributed by atoms with van der Waals surface area (Å²) >= 11 is 0. The molecule has 44 heavy (non-hydrogen) atoms. The number of hydrogen-bond donors (Lipinski definition) is 7. The maximum Gasteiger partial charge on any atom is 0.343 e. The van der Waals surface area contributed by atoms with Crippen molar-refractivity contribution in [1.82, 2.24) is 20.4 Å². The number of carbonyl (C=O) groups is 3. The van der Waals surface area contributed by atoms with Crippen molar-refractivity contribution in [2.45, 2.75) is 62.7 Å². The molecular formula is C30H38N9O5+. The number of para-hydroxylation sites is 1. The Morgan fingerprint density at radius 2 is 1.84 bits per heavy atom. The molecule has 0 bridgehead atoms. The maximum absolute atomic E-state index is 13.7. The summed E-state index contributed by atoms with van der Waals surface area (Å²) in [6.07, 6.45) is 0. The molecule has 2 fully saturated rings. The second kappa shape index (κ2) is 9.92. The third-order valence-electron chi connectivity index (χ3n) is 8.95. The van der Waals surface area contributed by atoms with Crippen molar-refractivity contribution >= 4 is 35.5 Å². The largest absolute Gasteiger partial charge is 0.370 e.